The maximum absolute atomic E-state index is 12.6. The van der Waals surface area contributed by atoms with Gasteiger partial charge in [-0.15, -0.1) is 0 Å². The molecule has 0 aliphatic heterocycles. The average molecular weight is 449 g/mol. The summed E-state index contributed by atoms with van der Waals surface area (Å²) in [6.45, 7) is 3.94. The van der Waals surface area contributed by atoms with Crippen LogP contribution in [-0.2, 0) is 23.8 Å². The number of allylic oxidation sites excluding steroid dienone is 4. The normalized spacial score (nSPS) is 43.3. The zero-order valence-corrected chi connectivity index (χ0v) is 19.0. The molecular formula is C24H32O8. The van der Waals surface area contributed by atoms with Gasteiger partial charge in [-0.2, -0.15) is 0 Å². The molecule has 0 unspecified atom stereocenters. The molecule has 4 rings (SSSR count). The van der Waals surface area contributed by atoms with Crippen molar-refractivity contribution in [2.24, 2.45) is 28.6 Å². The number of aliphatic hydroxyl groups is 2. The molecule has 0 spiro atoms. The molecule has 3 fully saturated rings. The standard InChI is InChI=1S/C24H32O8/c1-22-9-7-14(25)11-13(22)5-6-15-16-8-10-24(29,23(16,2)12-17(26)18(15)22)19(20(27)30-3)32-21(28)31-4/h7,9,11,15-19,26,29H,5-6,8,10,12H2,1-4H3/t15-,16-,17-,18+,19-,22-,23-,24-/m0/s1. The number of methoxy groups -OCH3 is 2. The molecule has 0 heterocycles. The van der Waals surface area contributed by atoms with Crippen molar-refractivity contribution in [1.82, 2.24) is 0 Å². The number of rotatable bonds is 3. The van der Waals surface area contributed by atoms with E-state index in [1.54, 1.807) is 12.2 Å². The first-order valence-electron chi connectivity index (χ1n) is 11.2. The van der Waals surface area contributed by atoms with Gasteiger partial charge in [0, 0.05) is 16.7 Å². The molecule has 0 bridgehead atoms. The first-order chi connectivity index (χ1) is 15.0. The number of carbonyl (C=O) groups excluding carboxylic acids is 3. The molecule has 176 valence electrons. The molecule has 4 aliphatic rings. The van der Waals surface area contributed by atoms with Crippen LogP contribution in [0, 0.1) is 28.6 Å². The van der Waals surface area contributed by atoms with Crippen molar-refractivity contribution in [3.63, 3.8) is 0 Å². The summed E-state index contributed by atoms with van der Waals surface area (Å²) in [5.41, 5.74) is -1.97. The Bertz CT molecular complexity index is 892. The molecule has 0 aromatic carbocycles. The van der Waals surface area contributed by atoms with Gasteiger partial charge >= 0.3 is 12.1 Å². The van der Waals surface area contributed by atoms with E-state index in [2.05, 4.69) is 11.7 Å². The average Bonchev–Trinajstić information content (AvgIpc) is 3.02. The van der Waals surface area contributed by atoms with E-state index in [-0.39, 0.29) is 36.4 Å². The Labute approximate surface area is 187 Å². The third kappa shape index (κ3) is 3.06. The topological polar surface area (TPSA) is 119 Å². The fourth-order valence-corrected chi connectivity index (χ4v) is 7.39. The first-order valence-corrected chi connectivity index (χ1v) is 11.2. The van der Waals surface area contributed by atoms with Gasteiger partial charge in [0.25, 0.3) is 0 Å². The summed E-state index contributed by atoms with van der Waals surface area (Å²) in [5, 5.41) is 23.3. The number of esters is 1. The van der Waals surface area contributed by atoms with Gasteiger partial charge in [0.05, 0.1) is 20.3 Å². The van der Waals surface area contributed by atoms with Crippen LogP contribution >= 0.6 is 0 Å². The van der Waals surface area contributed by atoms with Crippen LogP contribution in [0.3, 0.4) is 0 Å². The van der Waals surface area contributed by atoms with Crippen LogP contribution < -0.4 is 0 Å². The Morgan fingerprint density at radius 2 is 1.91 bits per heavy atom. The number of fused-ring (bicyclic) bond motifs is 5. The maximum atomic E-state index is 12.6. The Balaban J connectivity index is 1.72. The molecule has 4 aliphatic carbocycles. The van der Waals surface area contributed by atoms with Crippen LogP contribution in [0.4, 0.5) is 4.79 Å². The highest BCUT2D eigenvalue weighted by Gasteiger charge is 2.70. The summed E-state index contributed by atoms with van der Waals surface area (Å²) in [6.07, 6.45) is 4.40. The van der Waals surface area contributed by atoms with Gasteiger partial charge in [0.2, 0.25) is 6.10 Å². The highest BCUT2D eigenvalue weighted by Crippen LogP contribution is 2.67. The Morgan fingerprint density at radius 3 is 2.56 bits per heavy atom. The van der Waals surface area contributed by atoms with E-state index < -0.39 is 40.8 Å². The first kappa shape index (κ1) is 23.0. The highest BCUT2D eigenvalue weighted by atomic mass is 16.7. The predicted octanol–water partition coefficient (Wildman–Crippen LogP) is 2.32. The summed E-state index contributed by atoms with van der Waals surface area (Å²) in [5.74, 6) is -0.911. The highest BCUT2D eigenvalue weighted by molar-refractivity contribution is 6.01. The van der Waals surface area contributed by atoms with E-state index in [0.717, 1.165) is 25.5 Å². The number of ether oxygens (including phenoxy) is 3. The monoisotopic (exact) mass is 448 g/mol. The molecule has 8 nitrogen and oxygen atoms in total. The molecular weight excluding hydrogens is 416 g/mol. The second kappa shape index (κ2) is 7.70. The number of hydrogen-bond donors (Lipinski definition) is 2. The Hall–Kier alpha value is -2.19. The van der Waals surface area contributed by atoms with Gasteiger partial charge in [-0.3, -0.25) is 4.79 Å². The van der Waals surface area contributed by atoms with Gasteiger partial charge in [0.15, 0.2) is 5.78 Å². The van der Waals surface area contributed by atoms with E-state index >= 15 is 0 Å². The fraction of sp³-hybridized carbons (Fsp3) is 0.708. The zero-order chi connectivity index (χ0) is 23.5. The molecule has 32 heavy (non-hydrogen) atoms. The number of aliphatic hydroxyl groups excluding tert-OH is 1. The minimum Gasteiger partial charge on any atom is -0.466 e. The summed E-state index contributed by atoms with van der Waals surface area (Å²) >= 11 is 0. The Morgan fingerprint density at radius 1 is 1.19 bits per heavy atom. The molecule has 0 radical (unpaired) electrons. The molecule has 0 aromatic heterocycles. The zero-order valence-electron chi connectivity index (χ0n) is 19.0. The van der Waals surface area contributed by atoms with E-state index in [9.17, 15) is 24.6 Å². The number of hydrogen-bond acceptors (Lipinski definition) is 8. The third-order valence-corrected chi connectivity index (χ3v) is 8.94. The summed E-state index contributed by atoms with van der Waals surface area (Å²) in [6, 6.07) is 0. The van der Waals surface area contributed by atoms with Crippen LogP contribution in [-0.4, -0.2) is 60.1 Å². The molecule has 8 heteroatoms. The summed E-state index contributed by atoms with van der Waals surface area (Å²) in [7, 11) is 2.30. The van der Waals surface area contributed by atoms with Crippen LogP contribution in [0.15, 0.2) is 23.8 Å². The van der Waals surface area contributed by atoms with Crippen molar-refractivity contribution < 1.29 is 38.8 Å². The maximum Gasteiger partial charge on any atom is 0.508 e. The molecule has 0 amide bonds. The van der Waals surface area contributed by atoms with Crippen LogP contribution in [0.2, 0.25) is 0 Å². The number of ketones is 1. The van der Waals surface area contributed by atoms with Crippen LogP contribution in [0.25, 0.3) is 0 Å². The van der Waals surface area contributed by atoms with E-state index in [1.807, 2.05) is 13.0 Å². The Kier molecular flexibility index (Phi) is 5.53. The van der Waals surface area contributed by atoms with E-state index in [1.165, 1.54) is 7.11 Å². The van der Waals surface area contributed by atoms with Gasteiger partial charge < -0.3 is 24.4 Å². The smallest absolute Gasteiger partial charge is 0.466 e. The lowest BCUT2D eigenvalue weighted by molar-refractivity contribution is -0.211. The molecule has 0 saturated heterocycles. The molecule has 8 atom stereocenters. The minimum absolute atomic E-state index is 0.00120. The van der Waals surface area contributed by atoms with Crippen molar-refractivity contribution in [2.75, 3.05) is 14.2 Å². The van der Waals surface area contributed by atoms with Crippen LogP contribution in [0.5, 0.6) is 0 Å². The van der Waals surface area contributed by atoms with E-state index in [4.69, 9.17) is 9.47 Å². The van der Waals surface area contributed by atoms with Gasteiger partial charge in [-0.25, -0.2) is 9.59 Å². The van der Waals surface area contributed by atoms with Gasteiger partial charge in [0.1, 0.15) is 5.60 Å². The molecule has 2 N–H and O–H groups in total. The van der Waals surface area contributed by atoms with Crippen molar-refractivity contribution in [2.45, 2.75) is 63.8 Å². The minimum atomic E-state index is -1.71. The van der Waals surface area contributed by atoms with Gasteiger partial charge in [-0.1, -0.05) is 25.5 Å². The van der Waals surface area contributed by atoms with E-state index in [0.29, 0.717) is 6.42 Å². The third-order valence-electron chi connectivity index (χ3n) is 8.94. The quantitative estimate of drug-likeness (QED) is 0.632. The lowest BCUT2D eigenvalue weighted by atomic mass is 9.46. The van der Waals surface area contributed by atoms with Crippen molar-refractivity contribution in [3.8, 4) is 0 Å². The summed E-state index contributed by atoms with van der Waals surface area (Å²) in [4.78, 5) is 36.4. The fourth-order valence-electron chi connectivity index (χ4n) is 7.39. The predicted molar refractivity (Wildman–Crippen MR) is 112 cm³/mol. The van der Waals surface area contributed by atoms with Crippen molar-refractivity contribution in [3.05, 3.63) is 23.8 Å². The lowest BCUT2D eigenvalue weighted by Gasteiger charge is -2.60. The summed E-state index contributed by atoms with van der Waals surface area (Å²) < 4.78 is 14.6. The molecule has 3 saturated carbocycles. The SMILES string of the molecule is COC(=O)O[C@@H](C(=O)OC)[C@@]1(O)CC[C@H]2[C@@H]3CCC4=CC(=O)C=C[C@]4(C)[C@H]3[C@@H](O)C[C@@]21C. The van der Waals surface area contributed by atoms with Gasteiger partial charge in [-0.05, 0) is 56.1 Å². The lowest BCUT2D eigenvalue weighted by Crippen LogP contribution is -2.64. The molecule has 0 aromatic rings. The number of carbonyl (C=O) groups is 3. The second-order valence-corrected chi connectivity index (χ2v) is 10.1. The second-order valence-electron chi connectivity index (χ2n) is 10.1. The van der Waals surface area contributed by atoms with Crippen molar-refractivity contribution in [1.29, 1.82) is 0 Å². The van der Waals surface area contributed by atoms with Crippen LogP contribution in [0.1, 0.15) is 46.0 Å². The van der Waals surface area contributed by atoms with Crippen molar-refractivity contribution >= 4 is 17.9 Å². The largest absolute Gasteiger partial charge is 0.508 e.